The third kappa shape index (κ3) is 2.30. The molecule has 1 fully saturated rings. The Morgan fingerprint density at radius 2 is 2.38 bits per heavy atom. The van der Waals surface area contributed by atoms with Gasteiger partial charge in [-0.05, 0) is 12.8 Å². The first kappa shape index (κ1) is 10.7. The van der Waals surface area contributed by atoms with Crippen LogP contribution >= 0.6 is 15.9 Å². The number of likely N-dealkylation sites (tertiary alicyclic amines) is 1. The second-order valence-electron chi connectivity index (χ2n) is 3.44. The topological polar surface area (TPSA) is 37.4 Å². The summed E-state index contributed by atoms with van der Waals surface area (Å²) in [5, 5.41) is 0. The van der Waals surface area contributed by atoms with Gasteiger partial charge in [-0.3, -0.25) is 14.5 Å². The quantitative estimate of drug-likeness (QED) is 0.695. The molecular formula is C9H14BrNO2. The molecule has 74 valence electrons. The van der Waals surface area contributed by atoms with Crippen LogP contribution in [0.2, 0.25) is 0 Å². The van der Waals surface area contributed by atoms with Gasteiger partial charge < -0.3 is 0 Å². The molecule has 0 aromatic heterocycles. The van der Waals surface area contributed by atoms with Crippen LogP contribution in [-0.4, -0.2) is 28.1 Å². The van der Waals surface area contributed by atoms with Gasteiger partial charge in [0.1, 0.15) is 0 Å². The minimum absolute atomic E-state index is 0.0249. The van der Waals surface area contributed by atoms with Crippen molar-refractivity contribution >= 4 is 27.7 Å². The number of nitrogens with zero attached hydrogens (tertiary/aromatic N) is 1. The van der Waals surface area contributed by atoms with Crippen LogP contribution in [0.15, 0.2) is 0 Å². The fourth-order valence-corrected chi connectivity index (χ4v) is 1.73. The van der Waals surface area contributed by atoms with Crippen molar-refractivity contribution in [3.8, 4) is 0 Å². The Balaban J connectivity index is 2.62. The zero-order chi connectivity index (χ0) is 10.0. The van der Waals surface area contributed by atoms with Crippen molar-refractivity contribution in [1.29, 1.82) is 0 Å². The highest BCUT2D eigenvalue weighted by atomic mass is 79.9. The Hall–Kier alpha value is -0.380. The average Bonchev–Trinajstić information content (AvgIpc) is 2.45. The van der Waals surface area contributed by atoms with Crippen LogP contribution in [0.4, 0.5) is 0 Å². The fourth-order valence-electron chi connectivity index (χ4n) is 1.48. The summed E-state index contributed by atoms with van der Waals surface area (Å²) in [4.78, 5) is 24.0. The fraction of sp³-hybridized carbons (Fsp3) is 0.778. The van der Waals surface area contributed by atoms with Gasteiger partial charge in [-0.1, -0.05) is 29.3 Å². The van der Waals surface area contributed by atoms with Gasteiger partial charge in [0, 0.05) is 13.0 Å². The van der Waals surface area contributed by atoms with Crippen molar-refractivity contribution in [3.05, 3.63) is 0 Å². The molecule has 2 amide bonds. The van der Waals surface area contributed by atoms with Gasteiger partial charge in [0.25, 0.3) is 0 Å². The maximum atomic E-state index is 11.5. The van der Waals surface area contributed by atoms with E-state index in [0.717, 1.165) is 6.42 Å². The second kappa shape index (κ2) is 4.22. The Morgan fingerprint density at radius 1 is 1.77 bits per heavy atom. The highest BCUT2D eigenvalue weighted by Gasteiger charge is 2.33. The maximum absolute atomic E-state index is 11.5. The van der Waals surface area contributed by atoms with E-state index < -0.39 is 0 Å². The summed E-state index contributed by atoms with van der Waals surface area (Å²) >= 11 is 3.18. The lowest BCUT2D eigenvalue weighted by Gasteiger charge is -2.15. The number of amides is 2. The smallest absolute Gasteiger partial charge is 0.242 e. The van der Waals surface area contributed by atoms with Gasteiger partial charge in [-0.15, -0.1) is 0 Å². The van der Waals surface area contributed by atoms with E-state index in [4.69, 9.17) is 0 Å². The summed E-state index contributed by atoms with van der Waals surface area (Å²) in [6, 6.07) is 0. The lowest BCUT2D eigenvalue weighted by atomic mass is 10.1. The van der Waals surface area contributed by atoms with Crippen LogP contribution in [0.5, 0.6) is 0 Å². The number of rotatable bonds is 2. The Morgan fingerprint density at radius 3 is 2.77 bits per heavy atom. The summed E-state index contributed by atoms with van der Waals surface area (Å²) in [5.41, 5.74) is 0. The van der Waals surface area contributed by atoms with Gasteiger partial charge in [0.05, 0.1) is 4.83 Å². The summed E-state index contributed by atoms with van der Waals surface area (Å²) in [6.45, 7) is 4.39. The molecule has 0 aliphatic carbocycles. The van der Waals surface area contributed by atoms with Crippen LogP contribution in [0.3, 0.4) is 0 Å². The predicted octanol–water partition coefficient (Wildman–Crippen LogP) is 1.55. The van der Waals surface area contributed by atoms with Crippen LogP contribution in [0.1, 0.15) is 26.7 Å². The first-order valence-electron chi connectivity index (χ1n) is 4.54. The second-order valence-corrected chi connectivity index (χ2v) is 4.81. The number of carbonyl (C=O) groups is 2. The number of hydrogen-bond donors (Lipinski definition) is 0. The summed E-state index contributed by atoms with van der Waals surface area (Å²) in [6.07, 6.45) is 1.49. The van der Waals surface area contributed by atoms with E-state index in [2.05, 4.69) is 15.9 Å². The number of imide groups is 1. The van der Waals surface area contributed by atoms with Gasteiger partial charge in [-0.2, -0.15) is 0 Å². The number of alkyl halides is 1. The van der Waals surface area contributed by atoms with E-state index in [1.165, 1.54) is 4.90 Å². The molecule has 1 aliphatic rings. The van der Waals surface area contributed by atoms with Crippen molar-refractivity contribution in [2.75, 3.05) is 6.54 Å². The molecule has 0 saturated carbocycles. The minimum Gasteiger partial charge on any atom is -0.281 e. The molecule has 13 heavy (non-hydrogen) atoms. The SMILES string of the molecule is CCC1CC(=O)N(C(=O)C(C)Br)C1. The van der Waals surface area contributed by atoms with Crippen molar-refractivity contribution in [1.82, 2.24) is 4.90 Å². The number of hydrogen-bond acceptors (Lipinski definition) is 2. The highest BCUT2D eigenvalue weighted by Crippen LogP contribution is 2.22. The van der Waals surface area contributed by atoms with E-state index >= 15 is 0 Å². The third-order valence-electron chi connectivity index (χ3n) is 2.39. The molecule has 0 radical (unpaired) electrons. The molecule has 0 spiro atoms. The Kier molecular flexibility index (Phi) is 3.47. The largest absolute Gasteiger partial charge is 0.281 e. The molecular weight excluding hydrogens is 234 g/mol. The van der Waals surface area contributed by atoms with Crippen LogP contribution in [-0.2, 0) is 9.59 Å². The minimum atomic E-state index is -0.257. The van der Waals surface area contributed by atoms with Crippen molar-refractivity contribution in [2.45, 2.75) is 31.5 Å². The molecule has 1 saturated heterocycles. The van der Waals surface area contributed by atoms with Crippen molar-refractivity contribution < 1.29 is 9.59 Å². The zero-order valence-electron chi connectivity index (χ0n) is 7.92. The third-order valence-corrected chi connectivity index (χ3v) is 2.78. The van der Waals surface area contributed by atoms with Crippen LogP contribution < -0.4 is 0 Å². The first-order valence-corrected chi connectivity index (χ1v) is 5.46. The van der Waals surface area contributed by atoms with Crippen molar-refractivity contribution in [2.24, 2.45) is 5.92 Å². The first-order chi connectivity index (χ1) is 6.06. The van der Waals surface area contributed by atoms with Gasteiger partial charge in [0.2, 0.25) is 11.8 Å². The molecule has 0 N–H and O–H groups in total. The van der Waals surface area contributed by atoms with Crippen LogP contribution in [0, 0.1) is 5.92 Å². The number of halogens is 1. The van der Waals surface area contributed by atoms with Gasteiger partial charge >= 0.3 is 0 Å². The van der Waals surface area contributed by atoms with Crippen LogP contribution in [0.25, 0.3) is 0 Å². The number of carbonyl (C=O) groups excluding carboxylic acids is 2. The highest BCUT2D eigenvalue weighted by molar-refractivity contribution is 9.10. The van der Waals surface area contributed by atoms with E-state index in [0.29, 0.717) is 18.9 Å². The van der Waals surface area contributed by atoms with E-state index in [9.17, 15) is 9.59 Å². The van der Waals surface area contributed by atoms with Crippen molar-refractivity contribution in [3.63, 3.8) is 0 Å². The van der Waals surface area contributed by atoms with E-state index in [-0.39, 0.29) is 16.6 Å². The summed E-state index contributed by atoms with van der Waals surface area (Å²) < 4.78 is 0. The Labute approximate surface area is 86.6 Å². The molecule has 0 bridgehead atoms. The molecule has 1 rings (SSSR count). The molecule has 3 nitrogen and oxygen atoms in total. The molecule has 4 heteroatoms. The molecule has 2 unspecified atom stereocenters. The van der Waals surface area contributed by atoms with Gasteiger partial charge in [0.15, 0.2) is 0 Å². The predicted molar refractivity (Wildman–Crippen MR) is 53.5 cm³/mol. The van der Waals surface area contributed by atoms with E-state index in [1.807, 2.05) is 6.92 Å². The van der Waals surface area contributed by atoms with Gasteiger partial charge in [-0.25, -0.2) is 0 Å². The molecule has 0 aromatic rings. The molecule has 0 aromatic carbocycles. The molecule has 1 aliphatic heterocycles. The monoisotopic (exact) mass is 247 g/mol. The lowest BCUT2D eigenvalue weighted by Crippen LogP contribution is -2.36. The lowest BCUT2D eigenvalue weighted by molar-refractivity contribution is -0.141. The normalized spacial score (nSPS) is 25.0. The average molecular weight is 248 g/mol. The zero-order valence-corrected chi connectivity index (χ0v) is 9.50. The maximum Gasteiger partial charge on any atom is 0.242 e. The standard InChI is InChI=1S/C9H14BrNO2/c1-3-7-4-8(12)11(5-7)9(13)6(2)10/h6-7H,3-5H2,1-2H3. The molecule has 2 atom stereocenters. The van der Waals surface area contributed by atoms with E-state index in [1.54, 1.807) is 6.92 Å². The molecule has 1 heterocycles. The Bertz CT molecular complexity index is 228. The summed E-state index contributed by atoms with van der Waals surface area (Å²) in [5.74, 6) is 0.229. The summed E-state index contributed by atoms with van der Waals surface area (Å²) in [7, 11) is 0.